The number of rotatable bonds is 3. The summed E-state index contributed by atoms with van der Waals surface area (Å²) >= 11 is 0. The van der Waals surface area contributed by atoms with E-state index in [1.807, 2.05) is 18.3 Å². The van der Waals surface area contributed by atoms with Gasteiger partial charge in [0.15, 0.2) is 0 Å². The van der Waals surface area contributed by atoms with Crippen molar-refractivity contribution in [2.75, 3.05) is 0 Å². The second-order valence-electron chi connectivity index (χ2n) is 7.11. The van der Waals surface area contributed by atoms with Crippen molar-refractivity contribution in [2.24, 2.45) is 0 Å². The van der Waals surface area contributed by atoms with Crippen LogP contribution in [-0.4, -0.2) is 15.7 Å². The molecule has 0 saturated carbocycles. The van der Waals surface area contributed by atoms with E-state index in [0.717, 1.165) is 17.4 Å². The molecule has 3 rings (SSSR count). The summed E-state index contributed by atoms with van der Waals surface area (Å²) in [5.41, 5.74) is 5.75. The fourth-order valence-corrected chi connectivity index (χ4v) is 2.83. The summed E-state index contributed by atoms with van der Waals surface area (Å²) in [6, 6.07) is 16.1. The Bertz CT molecular complexity index is 871. The highest BCUT2D eigenvalue weighted by atomic mass is 16.5. The van der Waals surface area contributed by atoms with E-state index in [9.17, 15) is 4.79 Å². The van der Waals surface area contributed by atoms with E-state index in [2.05, 4.69) is 49.6 Å². The Kier molecular flexibility index (Phi) is 4.16. The van der Waals surface area contributed by atoms with Gasteiger partial charge in [-0.25, -0.2) is 5.48 Å². The summed E-state index contributed by atoms with van der Waals surface area (Å²) in [5.74, 6) is -0.501. The van der Waals surface area contributed by atoms with Gasteiger partial charge in [-0.1, -0.05) is 51.1 Å². The topological polar surface area (TPSA) is 54.3 Å². The number of nitrogens with zero attached hydrogens (tertiary/aromatic N) is 1. The molecule has 0 radical (unpaired) electrons. The monoisotopic (exact) mass is 322 g/mol. The summed E-state index contributed by atoms with van der Waals surface area (Å²) < 4.78 is 2.11. The first-order chi connectivity index (χ1) is 11.4. The number of carbonyl (C=O) groups is 1. The third-order valence-electron chi connectivity index (χ3n) is 4.31. The molecule has 2 N–H and O–H groups in total. The third kappa shape index (κ3) is 3.19. The Morgan fingerprint density at radius 1 is 1.08 bits per heavy atom. The predicted octanol–water partition coefficient (Wildman–Crippen LogP) is 4.11. The molecule has 0 spiro atoms. The summed E-state index contributed by atoms with van der Waals surface area (Å²) in [4.78, 5) is 11.6. The molecule has 0 atom stereocenters. The molecule has 1 heterocycles. The first kappa shape index (κ1) is 16.3. The average Bonchev–Trinajstić information content (AvgIpc) is 2.96. The normalized spacial score (nSPS) is 11.7. The standard InChI is InChI=1S/C20H22N2O2/c1-20(2,3)17-8-4-14(5-9-17)13-22-11-10-15-6-7-16(12-18(15)22)19(23)21-24/h4-12,24H,13H2,1-3H3,(H,21,23). The van der Waals surface area contributed by atoms with Gasteiger partial charge in [0, 0.05) is 23.8 Å². The number of amides is 1. The molecule has 1 amide bonds. The van der Waals surface area contributed by atoms with E-state index in [4.69, 9.17) is 5.21 Å². The lowest BCUT2D eigenvalue weighted by Crippen LogP contribution is -2.18. The smallest absolute Gasteiger partial charge is 0.274 e. The van der Waals surface area contributed by atoms with Gasteiger partial charge in [-0.2, -0.15) is 0 Å². The number of carbonyl (C=O) groups excluding carboxylic acids is 1. The summed E-state index contributed by atoms with van der Waals surface area (Å²) in [6.45, 7) is 7.34. The van der Waals surface area contributed by atoms with E-state index in [1.54, 1.807) is 17.6 Å². The molecule has 0 unspecified atom stereocenters. The molecule has 3 aromatic rings. The van der Waals surface area contributed by atoms with E-state index >= 15 is 0 Å². The molecule has 2 aromatic carbocycles. The number of fused-ring (bicyclic) bond motifs is 1. The maximum Gasteiger partial charge on any atom is 0.274 e. The van der Waals surface area contributed by atoms with Crippen molar-refractivity contribution in [1.29, 1.82) is 0 Å². The van der Waals surface area contributed by atoms with Gasteiger partial charge in [0.05, 0.1) is 0 Å². The average molecular weight is 322 g/mol. The molecule has 0 bridgehead atoms. The van der Waals surface area contributed by atoms with Crippen molar-refractivity contribution < 1.29 is 10.0 Å². The van der Waals surface area contributed by atoms with Gasteiger partial charge >= 0.3 is 0 Å². The lowest BCUT2D eigenvalue weighted by atomic mass is 9.87. The zero-order valence-corrected chi connectivity index (χ0v) is 14.2. The molecule has 1 aromatic heterocycles. The van der Waals surface area contributed by atoms with Crippen LogP contribution in [0.2, 0.25) is 0 Å². The van der Waals surface area contributed by atoms with E-state index in [1.165, 1.54) is 11.1 Å². The Hall–Kier alpha value is -2.59. The van der Waals surface area contributed by atoms with Crippen LogP contribution >= 0.6 is 0 Å². The highest BCUT2D eigenvalue weighted by molar-refractivity contribution is 5.97. The number of hydroxylamine groups is 1. The molecular formula is C20H22N2O2. The molecule has 0 saturated heterocycles. The lowest BCUT2D eigenvalue weighted by molar-refractivity contribution is 0.0706. The molecule has 0 fully saturated rings. The van der Waals surface area contributed by atoms with Crippen LogP contribution in [0.4, 0.5) is 0 Å². The number of hydrogen-bond acceptors (Lipinski definition) is 2. The summed E-state index contributed by atoms with van der Waals surface area (Å²) in [5, 5.41) is 9.87. The SMILES string of the molecule is CC(C)(C)c1ccc(Cn2ccc3ccc(C(=O)NO)cc32)cc1. The molecule has 4 heteroatoms. The van der Waals surface area contributed by atoms with Crippen molar-refractivity contribution in [3.8, 4) is 0 Å². The zero-order chi connectivity index (χ0) is 17.3. The van der Waals surface area contributed by atoms with Crippen molar-refractivity contribution in [2.45, 2.75) is 32.7 Å². The van der Waals surface area contributed by atoms with Gasteiger partial charge in [-0.3, -0.25) is 10.0 Å². The molecule has 0 aliphatic heterocycles. The van der Waals surface area contributed by atoms with Crippen LogP contribution < -0.4 is 5.48 Å². The fraction of sp³-hybridized carbons (Fsp3) is 0.250. The first-order valence-corrected chi connectivity index (χ1v) is 8.01. The number of nitrogens with one attached hydrogen (secondary N) is 1. The van der Waals surface area contributed by atoms with Crippen molar-refractivity contribution in [1.82, 2.24) is 10.0 Å². The minimum Gasteiger partial charge on any atom is -0.343 e. The highest BCUT2D eigenvalue weighted by Gasteiger charge is 2.13. The zero-order valence-electron chi connectivity index (χ0n) is 14.2. The maximum atomic E-state index is 11.6. The fourth-order valence-electron chi connectivity index (χ4n) is 2.83. The Balaban J connectivity index is 1.91. The molecule has 24 heavy (non-hydrogen) atoms. The minimum absolute atomic E-state index is 0.144. The Morgan fingerprint density at radius 3 is 2.42 bits per heavy atom. The van der Waals surface area contributed by atoms with Crippen LogP contribution in [0.15, 0.2) is 54.7 Å². The van der Waals surface area contributed by atoms with Crippen LogP contribution in [0.25, 0.3) is 10.9 Å². The number of aromatic nitrogens is 1. The Morgan fingerprint density at radius 2 is 1.79 bits per heavy atom. The van der Waals surface area contributed by atoms with Crippen molar-refractivity contribution in [3.63, 3.8) is 0 Å². The second-order valence-corrected chi connectivity index (χ2v) is 7.11. The molecule has 124 valence electrons. The van der Waals surface area contributed by atoms with Gasteiger partial charge < -0.3 is 4.57 Å². The molecule has 4 nitrogen and oxygen atoms in total. The van der Waals surface area contributed by atoms with Crippen LogP contribution in [-0.2, 0) is 12.0 Å². The van der Waals surface area contributed by atoms with Gasteiger partial charge in [0.25, 0.3) is 5.91 Å². The third-order valence-corrected chi connectivity index (χ3v) is 4.31. The van der Waals surface area contributed by atoms with Crippen molar-refractivity contribution in [3.05, 3.63) is 71.4 Å². The van der Waals surface area contributed by atoms with Crippen LogP contribution in [0.3, 0.4) is 0 Å². The number of benzene rings is 2. The Labute approximate surface area is 141 Å². The van der Waals surface area contributed by atoms with Crippen LogP contribution in [0.1, 0.15) is 42.3 Å². The highest BCUT2D eigenvalue weighted by Crippen LogP contribution is 2.23. The quantitative estimate of drug-likeness (QED) is 0.563. The second kappa shape index (κ2) is 6.13. The van der Waals surface area contributed by atoms with Gasteiger partial charge in [0.2, 0.25) is 0 Å². The summed E-state index contributed by atoms with van der Waals surface area (Å²) in [7, 11) is 0. The van der Waals surface area contributed by atoms with Gasteiger partial charge in [-0.05, 0) is 40.1 Å². The first-order valence-electron chi connectivity index (χ1n) is 8.01. The lowest BCUT2D eigenvalue weighted by Gasteiger charge is -2.19. The maximum absolute atomic E-state index is 11.6. The molecule has 0 aliphatic carbocycles. The van der Waals surface area contributed by atoms with Crippen molar-refractivity contribution >= 4 is 16.8 Å². The van der Waals surface area contributed by atoms with Gasteiger partial charge in [0.1, 0.15) is 0 Å². The predicted molar refractivity (Wildman–Crippen MR) is 95.4 cm³/mol. The largest absolute Gasteiger partial charge is 0.343 e. The summed E-state index contributed by atoms with van der Waals surface area (Å²) in [6.07, 6.45) is 2.02. The van der Waals surface area contributed by atoms with E-state index < -0.39 is 5.91 Å². The number of hydrogen-bond donors (Lipinski definition) is 2. The van der Waals surface area contributed by atoms with Gasteiger partial charge in [-0.15, -0.1) is 0 Å². The minimum atomic E-state index is -0.501. The van der Waals surface area contributed by atoms with E-state index in [-0.39, 0.29) is 5.41 Å². The van der Waals surface area contributed by atoms with Crippen LogP contribution in [0.5, 0.6) is 0 Å². The van der Waals surface area contributed by atoms with E-state index in [0.29, 0.717) is 5.56 Å². The molecular weight excluding hydrogens is 300 g/mol. The van der Waals surface area contributed by atoms with Crippen LogP contribution in [0, 0.1) is 0 Å². The molecule has 0 aliphatic rings.